The molecule has 0 aliphatic carbocycles. The molecule has 0 aliphatic rings. The first-order valence-electron chi connectivity index (χ1n) is 10.4. The van der Waals surface area contributed by atoms with Crippen LogP contribution in [0.1, 0.15) is 59.8 Å². The summed E-state index contributed by atoms with van der Waals surface area (Å²) in [7, 11) is 0. The summed E-state index contributed by atoms with van der Waals surface area (Å²) in [6.45, 7) is 10.9. The molecule has 0 radical (unpaired) electrons. The lowest BCUT2D eigenvalue weighted by Crippen LogP contribution is -2.21. The second-order valence-corrected chi connectivity index (χ2v) is 7.23. The van der Waals surface area contributed by atoms with Crippen LogP contribution in [0, 0.1) is 13.8 Å². The van der Waals surface area contributed by atoms with Crippen LogP contribution in [-0.2, 0) is 14.3 Å². The van der Waals surface area contributed by atoms with Crippen molar-refractivity contribution in [3.05, 3.63) is 40.7 Å². The number of anilines is 1. The van der Waals surface area contributed by atoms with Crippen LogP contribution in [0.4, 0.5) is 5.69 Å². The molecule has 0 fully saturated rings. The van der Waals surface area contributed by atoms with Crippen molar-refractivity contribution >= 4 is 23.5 Å². The molecule has 0 spiro atoms. The van der Waals surface area contributed by atoms with Crippen molar-refractivity contribution in [3.8, 4) is 11.5 Å². The predicted molar refractivity (Wildman–Crippen MR) is 119 cm³/mol. The second kappa shape index (κ2) is 11.2. The molecule has 9 heteroatoms. The molecule has 0 atom stereocenters. The van der Waals surface area contributed by atoms with Crippen molar-refractivity contribution in [2.24, 2.45) is 0 Å². The van der Waals surface area contributed by atoms with E-state index in [0.29, 0.717) is 41.7 Å². The highest BCUT2D eigenvalue weighted by Crippen LogP contribution is 2.30. The van der Waals surface area contributed by atoms with Crippen molar-refractivity contribution in [3.63, 3.8) is 0 Å². The van der Waals surface area contributed by atoms with Crippen molar-refractivity contribution < 1.29 is 33.3 Å². The van der Waals surface area contributed by atoms with Gasteiger partial charge in [0, 0.05) is 17.4 Å². The van der Waals surface area contributed by atoms with Gasteiger partial charge in [-0.25, -0.2) is 9.59 Å². The zero-order valence-electron chi connectivity index (χ0n) is 19.3. The van der Waals surface area contributed by atoms with Crippen LogP contribution in [-0.4, -0.2) is 48.8 Å². The molecule has 2 aromatic rings. The molecule has 174 valence electrons. The topological polar surface area (TPSA) is 116 Å². The van der Waals surface area contributed by atoms with E-state index in [0.717, 1.165) is 0 Å². The van der Waals surface area contributed by atoms with Crippen molar-refractivity contribution in [1.82, 2.24) is 4.98 Å². The van der Waals surface area contributed by atoms with Gasteiger partial charge < -0.3 is 29.2 Å². The van der Waals surface area contributed by atoms with E-state index in [9.17, 15) is 14.4 Å². The number of aryl methyl sites for hydroxylation is 1. The third kappa shape index (κ3) is 6.26. The second-order valence-electron chi connectivity index (χ2n) is 7.23. The Bertz CT molecular complexity index is 979. The first-order valence-corrected chi connectivity index (χ1v) is 10.4. The zero-order chi connectivity index (χ0) is 23.8. The van der Waals surface area contributed by atoms with Gasteiger partial charge >= 0.3 is 11.9 Å². The van der Waals surface area contributed by atoms with Gasteiger partial charge in [0.25, 0.3) is 5.91 Å². The molecule has 2 rings (SSSR count). The van der Waals surface area contributed by atoms with E-state index in [1.54, 1.807) is 45.9 Å². The maximum Gasteiger partial charge on any atom is 0.355 e. The van der Waals surface area contributed by atoms with Crippen LogP contribution in [0.25, 0.3) is 0 Å². The smallest absolute Gasteiger partial charge is 0.355 e. The Labute approximate surface area is 187 Å². The molecule has 9 nitrogen and oxygen atoms in total. The molecule has 0 unspecified atom stereocenters. The van der Waals surface area contributed by atoms with Gasteiger partial charge in [-0.15, -0.1) is 0 Å². The number of amides is 1. The van der Waals surface area contributed by atoms with Gasteiger partial charge in [0.2, 0.25) is 0 Å². The highest BCUT2D eigenvalue weighted by Gasteiger charge is 2.25. The Balaban J connectivity index is 2.02. The van der Waals surface area contributed by atoms with E-state index in [1.165, 1.54) is 0 Å². The largest absolute Gasteiger partial charge is 0.490 e. The Morgan fingerprint density at radius 3 is 2.28 bits per heavy atom. The van der Waals surface area contributed by atoms with Crippen LogP contribution in [0.2, 0.25) is 0 Å². The predicted octanol–water partition coefficient (Wildman–Crippen LogP) is 3.79. The van der Waals surface area contributed by atoms with Crippen LogP contribution in [0.3, 0.4) is 0 Å². The van der Waals surface area contributed by atoms with E-state index < -0.39 is 24.5 Å². The van der Waals surface area contributed by atoms with Gasteiger partial charge in [-0.05, 0) is 59.2 Å². The quantitative estimate of drug-likeness (QED) is 0.534. The molecule has 0 bridgehead atoms. The number of aromatic nitrogens is 1. The lowest BCUT2D eigenvalue weighted by molar-refractivity contribution is -0.119. The van der Waals surface area contributed by atoms with Crippen molar-refractivity contribution in [2.75, 3.05) is 25.1 Å². The summed E-state index contributed by atoms with van der Waals surface area (Å²) in [5.41, 5.74) is 1.76. The lowest BCUT2D eigenvalue weighted by Gasteiger charge is -2.13. The molecule has 0 aliphatic heterocycles. The first kappa shape index (κ1) is 24.8. The van der Waals surface area contributed by atoms with E-state index in [-0.39, 0.29) is 17.4 Å². The SMILES string of the molecule is CCOc1ccc(NC(=O)COC(=O)c2[nH]c(C)c(C(=O)OC(C)C)c2C)cc1OCC. The molecule has 32 heavy (non-hydrogen) atoms. The number of carbonyl (C=O) groups excluding carboxylic acids is 3. The molecule has 1 heterocycles. The maximum absolute atomic E-state index is 12.5. The van der Waals surface area contributed by atoms with Crippen LogP contribution >= 0.6 is 0 Å². The third-order valence-electron chi connectivity index (χ3n) is 4.35. The minimum absolute atomic E-state index is 0.103. The molecule has 1 aromatic carbocycles. The number of carbonyl (C=O) groups is 3. The van der Waals surface area contributed by atoms with Crippen LogP contribution in [0.5, 0.6) is 11.5 Å². The number of esters is 2. The van der Waals surface area contributed by atoms with Gasteiger partial charge in [-0.3, -0.25) is 4.79 Å². The Morgan fingerprint density at radius 2 is 1.66 bits per heavy atom. The molecule has 0 saturated heterocycles. The van der Waals surface area contributed by atoms with E-state index >= 15 is 0 Å². The number of H-pyrrole nitrogens is 1. The van der Waals surface area contributed by atoms with E-state index in [4.69, 9.17) is 18.9 Å². The monoisotopic (exact) mass is 446 g/mol. The van der Waals surface area contributed by atoms with Crippen molar-refractivity contribution in [1.29, 1.82) is 0 Å². The standard InChI is InChI=1S/C23H30N2O7/c1-7-29-17-10-9-16(11-18(17)30-8-2)25-19(26)12-31-23(28)21-14(5)20(15(6)24-21)22(27)32-13(3)4/h9-11,13,24H,7-8,12H2,1-6H3,(H,25,26). The van der Waals surface area contributed by atoms with Gasteiger partial charge in [0.15, 0.2) is 18.1 Å². The molecule has 2 N–H and O–H groups in total. The summed E-state index contributed by atoms with van der Waals surface area (Å²) in [6, 6.07) is 5.00. The number of nitrogens with one attached hydrogen (secondary N) is 2. The number of aromatic amines is 1. The van der Waals surface area contributed by atoms with Gasteiger partial charge in [0.1, 0.15) is 5.69 Å². The summed E-state index contributed by atoms with van der Waals surface area (Å²) in [6.07, 6.45) is -0.291. The minimum atomic E-state index is -0.744. The molecule has 0 saturated carbocycles. The van der Waals surface area contributed by atoms with Gasteiger partial charge in [-0.1, -0.05) is 0 Å². The normalized spacial score (nSPS) is 10.6. The summed E-state index contributed by atoms with van der Waals surface area (Å²) in [5.74, 6) is -0.717. The fourth-order valence-corrected chi connectivity index (χ4v) is 3.06. The number of ether oxygens (including phenoxy) is 4. The number of hydrogen-bond donors (Lipinski definition) is 2. The summed E-state index contributed by atoms with van der Waals surface area (Å²) in [5, 5.41) is 2.65. The van der Waals surface area contributed by atoms with Crippen molar-refractivity contribution in [2.45, 2.75) is 47.6 Å². The van der Waals surface area contributed by atoms with Crippen LogP contribution < -0.4 is 14.8 Å². The van der Waals surface area contributed by atoms with E-state index in [2.05, 4.69) is 10.3 Å². The molecule has 1 amide bonds. The number of hydrogen-bond acceptors (Lipinski definition) is 7. The van der Waals surface area contributed by atoms with E-state index in [1.807, 2.05) is 13.8 Å². The summed E-state index contributed by atoms with van der Waals surface area (Å²) < 4.78 is 21.4. The first-order chi connectivity index (χ1) is 15.2. The fourth-order valence-electron chi connectivity index (χ4n) is 3.06. The Kier molecular flexibility index (Phi) is 8.69. The minimum Gasteiger partial charge on any atom is -0.490 e. The summed E-state index contributed by atoms with van der Waals surface area (Å²) >= 11 is 0. The molecular formula is C23H30N2O7. The average Bonchev–Trinajstić information content (AvgIpc) is 3.02. The number of rotatable bonds is 10. The highest BCUT2D eigenvalue weighted by atomic mass is 16.5. The average molecular weight is 447 g/mol. The molecular weight excluding hydrogens is 416 g/mol. The summed E-state index contributed by atoms with van der Waals surface area (Å²) in [4.78, 5) is 39.8. The number of benzene rings is 1. The fraction of sp³-hybridized carbons (Fsp3) is 0.435. The van der Waals surface area contributed by atoms with Gasteiger partial charge in [0.05, 0.1) is 24.9 Å². The van der Waals surface area contributed by atoms with Gasteiger partial charge in [-0.2, -0.15) is 0 Å². The maximum atomic E-state index is 12.5. The Morgan fingerprint density at radius 1 is 1.00 bits per heavy atom. The lowest BCUT2D eigenvalue weighted by atomic mass is 10.1. The zero-order valence-corrected chi connectivity index (χ0v) is 19.3. The third-order valence-corrected chi connectivity index (χ3v) is 4.35. The Hall–Kier alpha value is -3.49. The highest BCUT2D eigenvalue weighted by molar-refractivity contribution is 6.00. The van der Waals surface area contributed by atoms with Crippen LogP contribution in [0.15, 0.2) is 18.2 Å². The molecule has 1 aromatic heterocycles.